The maximum atomic E-state index is 13.6. The van der Waals surface area contributed by atoms with E-state index < -0.39 is 23.2 Å². The van der Waals surface area contributed by atoms with Crippen molar-refractivity contribution in [2.75, 3.05) is 27.2 Å². The first-order chi connectivity index (χ1) is 16.9. The highest BCUT2D eigenvalue weighted by Gasteiger charge is 2.53. The fraction of sp³-hybridized carbons (Fsp3) is 0.462. The van der Waals surface area contributed by atoms with E-state index in [2.05, 4.69) is 10.2 Å². The van der Waals surface area contributed by atoms with Crippen molar-refractivity contribution >= 4 is 35.0 Å². The van der Waals surface area contributed by atoms with Gasteiger partial charge in [-0.25, -0.2) is 0 Å². The molecular formula is C26H28Cl2F3N3O2. The first-order valence-corrected chi connectivity index (χ1v) is 12.5. The quantitative estimate of drug-likeness (QED) is 0.540. The van der Waals surface area contributed by atoms with E-state index in [4.69, 9.17) is 23.2 Å². The minimum Gasteiger partial charge on any atom is -0.343 e. The summed E-state index contributed by atoms with van der Waals surface area (Å²) >= 11 is 12.4. The first kappa shape index (κ1) is 26.8. The van der Waals surface area contributed by atoms with Crippen LogP contribution in [0.2, 0.25) is 10.0 Å². The maximum Gasteiger partial charge on any atom is 0.416 e. The van der Waals surface area contributed by atoms with Crippen molar-refractivity contribution in [1.29, 1.82) is 0 Å². The van der Waals surface area contributed by atoms with Crippen molar-refractivity contribution in [3.63, 3.8) is 0 Å². The highest BCUT2D eigenvalue weighted by Crippen LogP contribution is 2.51. The molecule has 1 saturated heterocycles. The minimum atomic E-state index is -4.45. The van der Waals surface area contributed by atoms with Crippen LogP contribution in [0.4, 0.5) is 13.2 Å². The van der Waals surface area contributed by atoms with Crippen LogP contribution < -0.4 is 5.32 Å². The lowest BCUT2D eigenvalue weighted by molar-refractivity contribution is -0.138. The summed E-state index contributed by atoms with van der Waals surface area (Å²) in [7, 11) is 3.69. The third-order valence-electron chi connectivity index (χ3n) is 7.22. The van der Waals surface area contributed by atoms with Gasteiger partial charge < -0.3 is 15.1 Å². The molecule has 0 spiro atoms. The molecule has 2 aromatic rings. The lowest BCUT2D eigenvalue weighted by Crippen LogP contribution is -2.53. The summed E-state index contributed by atoms with van der Waals surface area (Å²) in [5, 5.41) is 3.75. The average molecular weight is 542 g/mol. The Bertz CT molecular complexity index is 1140. The number of nitrogens with zero attached hydrogens (tertiary/aromatic N) is 2. The zero-order valence-corrected chi connectivity index (χ0v) is 21.6. The number of nitrogens with one attached hydrogen (secondary N) is 1. The molecule has 194 valence electrons. The van der Waals surface area contributed by atoms with Gasteiger partial charge in [-0.3, -0.25) is 9.59 Å². The number of amides is 2. The van der Waals surface area contributed by atoms with Gasteiger partial charge in [0, 0.05) is 36.1 Å². The number of benzene rings is 2. The van der Waals surface area contributed by atoms with Gasteiger partial charge in [-0.2, -0.15) is 13.2 Å². The van der Waals surface area contributed by atoms with Gasteiger partial charge in [-0.15, -0.1) is 0 Å². The Morgan fingerprint density at radius 1 is 1.17 bits per heavy atom. The topological polar surface area (TPSA) is 52.6 Å². The van der Waals surface area contributed by atoms with Gasteiger partial charge in [0.25, 0.3) is 0 Å². The SMILES string of the molecule is CN1CC[C@@H](N(C)C(=O)[C@H](Cc2ccc(C(F)(F)F)cc2)NC(=O)C2(c3ccc(Cl)cc3Cl)CC2)C1. The van der Waals surface area contributed by atoms with E-state index in [1.54, 1.807) is 30.1 Å². The van der Waals surface area contributed by atoms with Gasteiger partial charge in [0.15, 0.2) is 0 Å². The van der Waals surface area contributed by atoms with E-state index in [-0.39, 0.29) is 24.3 Å². The Balaban J connectivity index is 1.57. The van der Waals surface area contributed by atoms with Gasteiger partial charge in [-0.1, -0.05) is 41.4 Å². The molecule has 1 saturated carbocycles. The summed E-state index contributed by atoms with van der Waals surface area (Å²) in [5.74, 6) is -0.601. The molecule has 5 nitrogen and oxygen atoms in total. The van der Waals surface area contributed by atoms with Crippen molar-refractivity contribution in [2.45, 2.75) is 49.4 Å². The Morgan fingerprint density at radius 3 is 2.36 bits per heavy atom. The van der Waals surface area contributed by atoms with Crippen LogP contribution in [0.25, 0.3) is 0 Å². The van der Waals surface area contributed by atoms with Crippen LogP contribution in [0.15, 0.2) is 42.5 Å². The number of rotatable bonds is 7. The largest absolute Gasteiger partial charge is 0.416 e. The monoisotopic (exact) mass is 541 g/mol. The molecule has 4 rings (SSSR count). The van der Waals surface area contributed by atoms with E-state index in [0.29, 0.717) is 40.6 Å². The molecule has 0 aromatic heterocycles. The molecule has 1 heterocycles. The molecule has 2 aliphatic rings. The molecule has 0 unspecified atom stereocenters. The predicted molar refractivity (Wildman–Crippen MR) is 133 cm³/mol. The molecule has 0 bridgehead atoms. The second-order valence-corrected chi connectivity index (χ2v) is 10.6. The lowest BCUT2D eigenvalue weighted by Gasteiger charge is -2.30. The van der Waals surface area contributed by atoms with E-state index in [0.717, 1.165) is 25.1 Å². The summed E-state index contributed by atoms with van der Waals surface area (Å²) in [6.07, 6.45) is -2.42. The Hall–Kier alpha value is -2.29. The van der Waals surface area contributed by atoms with E-state index >= 15 is 0 Å². The molecule has 2 atom stereocenters. The fourth-order valence-corrected chi connectivity index (χ4v) is 5.43. The van der Waals surface area contributed by atoms with Gasteiger partial charge in [0.1, 0.15) is 6.04 Å². The van der Waals surface area contributed by atoms with Crippen LogP contribution in [0, 0.1) is 0 Å². The van der Waals surface area contributed by atoms with Gasteiger partial charge in [0.2, 0.25) is 11.8 Å². The zero-order chi connectivity index (χ0) is 26.3. The standard InChI is InChI=1S/C26H28Cl2F3N3O2/c1-33-12-9-19(15-33)34(2)23(35)22(13-16-3-5-17(6-4-16)26(29,30)31)32-24(36)25(10-11-25)20-8-7-18(27)14-21(20)28/h3-8,14,19,22H,9-13,15H2,1-2H3,(H,32,36)/t19-,22+/m1/s1. The molecule has 10 heteroatoms. The molecular weight excluding hydrogens is 514 g/mol. The Labute approximate surface area is 218 Å². The zero-order valence-electron chi connectivity index (χ0n) is 20.0. The normalized spacial score (nSPS) is 20.1. The van der Waals surface area contributed by atoms with Crippen LogP contribution in [0.3, 0.4) is 0 Å². The van der Waals surface area contributed by atoms with Crippen LogP contribution >= 0.6 is 23.2 Å². The van der Waals surface area contributed by atoms with Crippen LogP contribution in [-0.4, -0.2) is 60.9 Å². The van der Waals surface area contributed by atoms with Crippen LogP contribution in [-0.2, 0) is 27.6 Å². The summed E-state index contributed by atoms with van der Waals surface area (Å²) in [4.78, 5) is 30.9. The Kier molecular flexibility index (Phi) is 7.60. The Morgan fingerprint density at radius 2 is 1.83 bits per heavy atom. The third-order valence-corrected chi connectivity index (χ3v) is 7.77. The van der Waals surface area contributed by atoms with Crippen molar-refractivity contribution in [3.8, 4) is 0 Å². The number of alkyl halides is 3. The van der Waals surface area contributed by atoms with Crippen molar-refractivity contribution in [1.82, 2.24) is 15.1 Å². The highest BCUT2D eigenvalue weighted by molar-refractivity contribution is 6.35. The third kappa shape index (κ3) is 5.66. The minimum absolute atomic E-state index is 0.00453. The average Bonchev–Trinajstić information content (AvgIpc) is 3.51. The lowest BCUT2D eigenvalue weighted by atomic mass is 9.93. The number of carbonyl (C=O) groups excluding carboxylic acids is 2. The molecule has 2 amide bonds. The number of hydrogen-bond donors (Lipinski definition) is 1. The molecule has 36 heavy (non-hydrogen) atoms. The van der Waals surface area contributed by atoms with Gasteiger partial charge in [-0.05, 0) is 68.2 Å². The number of hydrogen-bond acceptors (Lipinski definition) is 3. The smallest absolute Gasteiger partial charge is 0.343 e. The van der Waals surface area contributed by atoms with Crippen LogP contribution in [0.5, 0.6) is 0 Å². The summed E-state index contributed by atoms with van der Waals surface area (Å²) in [5.41, 5.74) is -0.448. The van der Waals surface area contributed by atoms with Crippen LogP contribution in [0.1, 0.15) is 36.0 Å². The van der Waals surface area contributed by atoms with Gasteiger partial charge in [0.05, 0.1) is 11.0 Å². The molecule has 1 aliphatic heterocycles. The van der Waals surface area contributed by atoms with E-state index in [9.17, 15) is 22.8 Å². The van der Waals surface area contributed by atoms with Crippen molar-refractivity contribution in [2.24, 2.45) is 0 Å². The summed E-state index contributed by atoms with van der Waals surface area (Å²) in [6.45, 7) is 1.57. The van der Waals surface area contributed by atoms with Crippen molar-refractivity contribution in [3.05, 3.63) is 69.2 Å². The predicted octanol–water partition coefficient (Wildman–Crippen LogP) is 4.93. The molecule has 0 radical (unpaired) electrons. The van der Waals surface area contributed by atoms with E-state index in [1.807, 2.05) is 7.05 Å². The van der Waals surface area contributed by atoms with Gasteiger partial charge >= 0.3 is 6.18 Å². The maximum absolute atomic E-state index is 13.6. The number of carbonyl (C=O) groups is 2. The number of likely N-dealkylation sites (tertiary alicyclic amines) is 1. The highest BCUT2D eigenvalue weighted by atomic mass is 35.5. The van der Waals surface area contributed by atoms with Crippen molar-refractivity contribution < 1.29 is 22.8 Å². The molecule has 1 N–H and O–H groups in total. The molecule has 2 fully saturated rings. The number of likely N-dealkylation sites (N-methyl/N-ethyl adjacent to an activating group) is 2. The summed E-state index contributed by atoms with van der Waals surface area (Å²) < 4.78 is 39.0. The fourth-order valence-electron chi connectivity index (χ4n) is 4.84. The second kappa shape index (κ2) is 10.2. The first-order valence-electron chi connectivity index (χ1n) is 11.8. The molecule has 2 aromatic carbocycles. The number of halogens is 5. The second-order valence-electron chi connectivity index (χ2n) is 9.79. The van der Waals surface area contributed by atoms with E-state index in [1.165, 1.54) is 12.1 Å². The summed E-state index contributed by atoms with van der Waals surface area (Å²) in [6, 6.07) is 8.72. The molecule has 1 aliphatic carbocycles.